The van der Waals surface area contributed by atoms with E-state index in [2.05, 4.69) is 9.97 Å². The van der Waals surface area contributed by atoms with Crippen molar-refractivity contribution in [2.75, 3.05) is 0 Å². The van der Waals surface area contributed by atoms with Gasteiger partial charge in [0.1, 0.15) is 36.3 Å². The van der Waals surface area contributed by atoms with Gasteiger partial charge in [-0.15, -0.1) is 0 Å². The first kappa shape index (κ1) is 28.5. The number of aromatic nitrogens is 2. The molecule has 1 unspecified atom stereocenters. The van der Waals surface area contributed by atoms with E-state index >= 15 is 0 Å². The van der Waals surface area contributed by atoms with Gasteiger partial charge in [0.2, 0.25) is 11.8 Å². The predicted octanol–water partition coefficient (Wildman–Crippen LogP) is 7.05. The molecule has 2 amide bonds. The van der Waals surface area contributed by atoms with Gasteiger partial charge in [-0.05, 0) is 66.8 Å². The van der Waals surface area contributed by atoms with Crippen molar-refractivity contribution >= 4 is 36.3 Å². The molecule has 1 saturated heterocycles. The fraction of sp³-hybridized carbons (Fsp3) is 0.176. The van der Waals surface area contributed by atoms with Crippen molar-refractivity contribution in [3.63, 3.8) is 0 Å². The van der Waals surface area contributed by atoms with Gasteiger partial charge in [0.25, 0.3) is 5.91 Å². The van der Waals surface area contributed by atoms with Crippen LogP contribution in [0.15, 0.2) is 98.8 Å². The van der Waals surface area contributed by atoms with Crippen LogP contribution in [0.5, 0.6) is 5.75 Å². The van der Waals surface area contributed by atoms with E-state index in [9.17, 15) is 9.59 Å². The topological polar surface area (TPSA) is 121 Å². The standard InChI is InChI=1S/C34H29N3O7/c38-33-30(44-34(39)37(33)20-26-21-42-32(35-26)18-16-28-9-5-19-40-28)10-4-8-25-11-14-29(15-12-25)41-22-27-23-43-31(36-27)17-13-24-6-2-1-3-7-24/h1-3,5-7,9,11-19,21,23,30H,4,8,10,20,22H2/b17-13+,18-16+. The molecule has 10 heteroatoms. The van der Waals surface area contributed by atoms with Crippen LogP contribution in [0.1, 0.15) is 52.9 Å². The van der Waals surface area contributed by atoms with Crippen LogP contribution < -0.4 is 4.74 Å². The zero-order valence-corrected chi connectivity index (χ0v) is 23.7. The number of ether oxygens (including phenoxy) is 2. The number of hydrogen-bond acceptors (Lipinski definition) is 9. The number of hydrogen-bond donors (Lipinski definition) is 0. The van der Waals surface area contributed by atoms with Crippen LogP contribution in [0.2, 0.25) is 0 Å². The van der Waals surface area contributed by atoms with E-state index in [1.165, 1.54) is 6.26 Å². The number of cyclic esters (lactones) is 1. The molecule has 0 radical (unpaired) electrons. The zero-order valence-electron chi connectivity index (χ0n) is 23.7. The lowest BCUT2D eigenvalue weighted by atomic mass is 10.1. The van der Waals surface area contributed by atoms with Crippen LogP contribution in [0.3, 0.4) is 0 Å². The summed E-state index contributed by atoms with van der Waals surface area (Å²) in [4.78, 5) is 35.0. The third-order valence-electron chi connectivity index (χ3n) is 6.86. The van der Waals surface area contributed by atoms with Crippen LogP contribution in [-0.2, 0) is 29.1 Å². The molecule has 10 nitrogen and oxygen atoms in total. The Morgan fingerprint density at radius 2 is 1.55 bits per heavy atom. The van der Waals surface area contributed by atoms with Crippen molar-refractivity contribution in [2.45, 2.75) is 38.5 Å². The highest BCUT2D eigenvalue weighted by Crippen LogP contribution is 2.22. The van der Waals surface area contributed by atoms with E-state index < -0.39 is 12.2 Å². The number of carbonyl (C=O) groups is 2. The van der Waals surface area contributed by atoms with Gasteiger partial charge in [-0.25, -0.2) is 19.7 Å². The summed E-state index contributed by atoms with van der Waals surface area (Å²) in [5.41, 5.74) is 3.28. The van der Waals surface area contributed by atoms with E-state index in [0.717, 1.165) is 22.4 Å². The molecule has 1 aliphatic heterocycles. The maximum atomic E-state index is 12.9. The van der Waals surface area contributed by atoms with Crippen molar-refractivity contribution in [1.29, 1.82) is 0 Å². The number of oxazole rings is 2. The summed E-state index contributed by atoms with van der Waals surface area (Å²) in [5, 5.41) is 0. The van der Waals surface area contributed by atoms with Gasteiger partial charge in [-0.2, -0.15) is 0 Å². The average molecular weight is 592 g/mol. The summed E-state index contributed by atoms with van der Waals surface area (Å²) in [6.07, 6.45) is 12.0. The third-order valence-corrected chi connectivity index (χ3v) is 6.86. The van der Waals surface area contributed by atoms with Gasteiger partial charge in [0, 0.05) is 12.2 Å². The molecule has 0 saturated carbocycles. The summed E-state index contributed by atoms with van der Waals surface area (Å²) >= 11 is 0. The van der Waals surface area contributed by atoms with Gasteiger partial charge in [-0.1, -0.05) is 42.5 Å². The molecule has 6 rings (SSSR count). The minimum absolute atomic E-state index is 0.0201. The summed E-state index contributed by atoms with van der Waals surface area (Å²) in [7, 11) is 0. The Morgan fingerprint density at radius 3 is 2.32 bits per heavy atom. The van der Waals surface area contributed by atoms with Crippen molar-refractivity contribution < 1.29 is 32.3 Å². The maximum absolute atomic E-state index is 12.9. The average Bonchev–Trinajstić information content (AvgIpc) is 3.86. The highest BCUT2D eigenvalue weighted by atomic mass is 16.6. The number of carbonyl (C=O) groups excluding carboxylic acids is 2. The molecule has 0 spiro atoms. The number of aryl methyl sites for hydroxylation is 1. The van der Waals surface area contributed by atoms with E-state index in [0.29, 0.717) is 47.5 Å². The molecular weight excluding hydrogens is 562 g/mol. The zero-order chi connectivity index (χ0) is 30.1. The maximum Gasteiger partial charge on any atom is 0.417 e. The van der Waals surface area contributed by atoms with Crippen molar-refractivity contribution in [2.24, 2.45) is 0 Å². The van der Waals surface area contributed by atoms with Gasteiger partial charge in [-0.3, -0.25) is 4.79 Å². The molecule has 1 aliphatic rings. The van der Waals surface area contributed by atoms with E-state index in [1.807, 2.05) is 66.7 Å². The third kappa shape index (κ3) is 7.40. The number of nitrogens with zero attached hydrogens (tertiary/aromatic N) is 3. The van der Waals surface area contributed by atoms with E-state index in [-0.39, 0.29) is 19.1 Å². The van der Waals surface area contributed by atoms with Gasteiger partial charge in [0.15, 0.2) is 6.10 Å². The number of benzene rings is 2. The second-order valence-corrected chi connectivity index (χ2v) is 10.1. The first-order valence-corrected chi connectivity index (χ1v) is 14.2. The van der Waals surface area contributed by atoms with Crippen molar-refractivity contribution in [3.8, 4) is 5.75 Å². The minimum atomic E-state index is -0.815. The van der Waals surface area contributed by atoms with Gasteiger partial charge < -0.3 is 22.7 Å². The lowest BCUT2D eigenvalue weighted by molar-refractivity contribution is -0.130. The largest absolute Gasteiger partial charge is 0.487 e. The molecule has 4 heterocycles. The Labute approximate surface area is 253 Å². The first-order valence-electron chi connectivity index (χ1n) is 14.2. The smallest absolute Gasteiger partial charge is 0.417 e. The predicted molar refractivity (Wildman–Crippen MR) is 161 cm³/mol. The van der Waals surface area contributed by atoms with Gasteiger partial charge >= 0.3 is 6.09 Å². The number of furan rings is 1. The summed E-state index contributed by atoms with van der Waals surface area (Å²) in [6.45, 7) is 0.263. The lowest BCUT2D eigenvalue weighted by Gasteiger charge is -2.09. The quantitative estimate of drug-likeness (QED) is 0.142. The van der Waals surface area contributed by atoms with Crippen LogP contribution in [0.25, 0.3) is 24.3 Å². The van der Waals surface area contributed by atoms with Crippen molar-refractivity contribution in [1.82, 2.24) is 14.9 Å². The fourth-order valence-electron chi connectivity index (χ4n) is 4.60. The Morgan fingerprint density at radius 1 is 0.795 bits per heavy atom. The fourth-order valence-corrected chi connectivity index (χ4v) is 4.60. The summed E-state index contributed by atoms with van der Waals surface area (Å²) in [6, 6.07) is 21.2. The van der Waals surface area contributed by atoms with Crippen LogP contribution in [0, 0.1) is 0 Å². The normalized spacial score (nSPS) is 15.1. The molecule has 222 valence electrons. The molecular formula is C34H29N3O7. The highest BCUT2D eigenvalue weighted by molar-refractivity contribution is 5.99. The number of rotatable bonds is 13. The monoisotopic (exact) mass is 591 g/mol. The molecule has 0 bridgehead atoms. The summed E-state index contributed by atoms with van der Waals surface area (Å²) < 4.78 is 27.3. The van der Waals surface area contributed by atoms with Crippen LogP contribution in [0.4, 0.5) is 4.79 Å². The minimum Gasteiger partial charge on any atom is -0.487 e. The molecule has 5 aromatic rings. The molecule has 1 atom stereocenters. The molecule has 44 heavy (non-hydrogen) atoms. The van der Waals surface area contributed by atoms with Crippen molar-refractivity contribution in [3.05, 3.63) is 126 Å². The molecule has 0 aliphatic carbocycles. The summed E-state index contributed by atoms with van der Waals surface area (Å²) in [5.74, 6) is 1.84. The molecule has 0 N–H and O–H groups in total. The van der Waals surface area contributed by atoms with Crippen LogP contribution >= 0.6 is 0 Å². The molecule has 1 fully saturated rings. The Hall–Kier alpha value is -5.64. The van der Waals surface area contributed by atoms with E-state index in [4.69, 9.17) is 22.7 Å². The lowest BCUT2D eigenvalue weighted by Crippen LogP contribution is -2.31. The Kier molecular flexibility index (Phi) is 8.77. The molecule has 2 aromatic carbocycles. The van der Waals surface area contributed by atoms with Gasteiger partial charge in [0.05, 0.1) is 18.5 Å². The second kappa shape index (κ2) is 13.6. The SMILES string of the molecule is O=C1OC(CCCc2ccc(OCc3coc(/C=C/c4ccccc4)n3)cc2)C(=O)N1Cc1coc(/C=C/c2ccco2)n1. The Balaban J connectivity index is 0.926. The van der Waals surface area contributed by atoms with E-state index in [1.54, 1.807) is 36.8 Å². The molecule has 3 aromatic heterocycles. The highest BCUT2D eigenvalue weighted by Gasteiger charge is 2.40. The number of amides is 2. The first-order chi connectivity index (χ1) is 21.6. The Bertz CT molecular complexity index is 1730. The second-order valence-electron chi connectivity index (χ2n) is 10.1. The number of imide groups is 1. The van der Waals surface area contributed by atoms with Crippen LogP contribution in [-0.4, -0.2) is 33.0 Å².